The van der Waals surface area contributed by atoms with Gasteiger partial charge in [-0.3, -0.25) is 0 Å². The molecule has 3 nitrogen and oxygen atoms in total. The molecule has 1 atom stereocenters. The second kappa shape index (κ2) is 4.04. The highest BCUT2D eigenvalue weighted by molar-refractivity contribution is 7.74. The SMILES string of the molecule is C=Cc1cccc(OS(=O)[O-])c1. The lowest BCUT2D eigenvalue weighted by Crippen LogP contribution is -1.97. The molecule has 0 amide bonds. The van der Waals surface area contributed by atoms with E-state index < -0.39 is 11.4 Å². The maximum atomic E-state index is 10.1. The van der Waals surface area contributed by atoms with E-state index in [1.165, 1.54) is 0 Å². The van der Waals surface area contributed by atoms with Crippen LogP contribution in [-0.4, -0.2) is 8.76 Å². The van der Waals surface area contributed by atoms with Crippen LogP contribution in [0.25, 0.3) is 6.08 Å². The van der Waals surface area contributed by atoms with Gasteiger partial charge in [-0.25, -0.2) is 4.21 Å². The molecule has 0 radical (unpaired) electrons. The zero-order chi connectivity index (χ0) is 8.97. The molecule has 0 bridgehead atoms. The van der Waals surface area contributed by atoms with E-state index in [1.807, 2.05) is 0 Å². The summed E-state index contributed by atoms with van der Waals surface area (Å²) in [4.78, 5) is 0. The van der Waals surface area contributed by atoms with Crippen molar-refractivity contribution in [2.75, 3.05) is 0 Å². The third kappa shape index (κ3) is 2.48. The van der Waals surface area contributed by atoms with E-state index in [9.17, 15) is 8.76 Å². The van der Waals surface area contributed by atoms with Crippen LogP contribution in [0, 0.1) is 0 Å². The highest BCUT2D eigenvalue weighted by atomic mass is 32.2. The van der Waals surface area contributed by atoms with Crippen molar-refractivity contribution in [3.05, 3.63) is 36.4 Å². The first-order chi connectivity index (χ1) is 5.72. The Morgan fingerprint density at radius 1 is 1.58 bits per heavy atom. The quantitative estimate of drug-likeness (QED) is 0.667. The van der Waals surface area contributed by atoms with E-state index in [4.69, 9.17) is 0 Å². The molecule has 1 aromatic carbocycles. The Labute approximate surface area is 73.2 Å². The topological polar surface area (TPSA) is 49.4 Å². The van der Waals surface area contributed by atoms with E-state index in [0.717, 1.165) is 5.56 Å². The second-order valence-corrected chi connectivity index (χ2v) is 2.64. The Balaban J connectivity index is 2.86. The first-order valence-corrected chi connectivity index (χ1v) is 4.22. The number of hydrogen-bond donors (Lipinski definition) is 0. The summed E-state index contributed by atoms with van der Waals surface area (Å²) in [5.74, 6) is 0.292. The summed E-state index contributed by atoms with van der Waals surface area (Å²) >= 11 is -2.51. The van der Waals surface area contributed by atoms with Crippen LogP contribution in [0.5, 0.6) is 5.75 Å². The molecule has 0 aliphatic rings. The maximum absolute atomic E-state index is 10.1. The lowest BCUT2D eigenvalue weighted by Gasteiger charge is -2.06. The molecule has 0 aliphatic carbocycles. The molecule has 1 unspecified atom stereocenters. The van der Waals surface area contributed by atoms with Gasteiger partial charge in [0.2, 0.25) is 0 Å². The fraction of sp³-hybridized carbons (Fsp3) is 0. The van der Waals surface area contributed by atoms with E-state index in [2.05, 4.69) is 10.8 Å². The van der Waals surface area contributed by atoms with Gasteiger partial charge >= 0.3 is 0 Å². The molecule has 12 heavy (non-hydrogen) atoms. The summed E-state index contributed by atoms with van der Waals surface area (Å²) in [6, 6.07) is 6.64. The summed E-state index contributed by atoms with van der Waals surface area (Å²) in [6.07, 6.45) is 1.61. The van der Waals surface area contributed by atoms with Crippen molar-refractivity contribution in [1.29, 1.82) is 0 Å². The van der Waals surface area contributed by atoms with E-state index >= 15 is 0 Å². The molecule has 0 saturated carbocycles. The van der Waals surface area contributed by atoms with Crippen LogP contribution in [-0.2, 0) is 11.4 Å². The van der Waals surface area contributed by atoms with Crippen LogP contribution >= 0.6 is 0 Å². The van der Waals surface area contributed by atoms with Gasteiger partial charge in [-0.1, -0.05) is 24.8 Å². The first kappa shape index (κ1) is 8.96. The fourth-order valence-electron chi connectivity index (χ4n) is 0.772. The van der Waals surface area contributed by atoms with Gasteiger partial charge in [0.15, 0.2) is 0 Å². The molecular weight excluding hydrogens is 176 g/mol. The van der Waals surface area contributed by atoms with Crippen LogP contribution in [0.2, 0.25) is 0 Å². The maximum Gasteiger partial charge on any atom is 0.139 e. The fourth-order valence-corrected chi connectivity index (χ4v) is 1.03. The van der Waals surface area contributed by atoms with Crippen molar-refractivity contribution in [3.8, 4) is 5.75 Å². The standard InChI is InChI=1S/C8H8O3S/c1-2-7-4-3-5-8(6-7)11-12(9)10/h2-6H,1H2,(H,9,10)/p-1. The highest BCUT2D eigenvalue weighted by Crippen LogP contribution is 2.14. The zero-order valence-corrected chi connectivity index (χ0v) is 7.04. The van der Waals surface area contributed by atoms with Crippen molar-refractivity contribution in [1.82, 2.24) is 0 Å². The summed E-state index contributed by atoms with van der Waals surface area (Å²) in [5, 5.41) is 0. The van der Waals surface area contributed by atoms with Crippen molar-refractivity contribution >= 4 is 17.4 Å². The monoisotopic (exact) mass is 183 g/mol. The molecule has 1 rings (SSSR count). The molecule has 64 valence electrons. The molecule has 1 aromatic rings. The molecule has 0 spiro atoms. The van der Waals surface area contributed by atoms with Gasteiger partial charge in [0.05, 0.1) is 0 Å². The lowest BCUT2D eigenvalue weighted by molar-refractivity contribution is 0.440. The van der Waals surface area contributed by atoms with Gasteiger partial charge in [-0.2, -0.15) is 0 Å². The van der Waals surface area contributed by atoms with Gasteiger partial charge in [0, 0.05) is 0 Å². The van der Waals surface area contributed by atoms with Gasteiger partial charge in [-0.15, -0.1) is 0 Å². The zero-order valence-electron chi connectivity index (χ0n) is 6.23. The molecule has 0 heterocycles. The Kier molecular flexibility index (Phi) is 3.01. The molecule has 0 aliphatic heterocycles. The predicted octanol–water partition coefficient (Wildman–Crippen LogP) is 1.50. The minimum absolute atomic E-state index is 0.292. The minimum atomic E-state index is -2.51. The first-order valence-electron chi connectivity index (χ1n) is 3.22. The van der Waals surface area contributed by atoms with Gasteiger partial charge in [0.25, 0.3) is 0 Å². The number of rotatable bonds is 3. The molecule has 0 aromatic heterocycles. The third-order valence-corrected chi connectivity index (χ3v) is 1.59. The average Bonchev–Trinajstić information content (AvgIpc) is 2.03. The van der Waals surface area contributed by atoms with Crippen molar-refractivity contribution in [2.24, 2.45) is 0 Å². The van der Waals surface area contributed by atoms with Crippen molar-refractivity contribution < 1.29 is 12.9 Å². The summed E-state index contributed by atoms with van der Waals surface area (Å²) in [7, 11) is 0. The van der Waals surface area contributed by atoms with Crippen molar-refractivity contribution in [2.45, 2.75) is 0 Å². The normalized spacial score (nSPS) is 12.1. The molecule has 0 N–H and O–H groups in total. The number of benzene rings is 1. The van der Waals surface area contributed by atoms with Crippen molar-refractivity contribution in [3.63, 3.8) is 0 Å². The smallest absolute Gasteiger partial charge is 0.139 e. The molecule has 0 fully saturated rings. The lowest BCUT2D eigenvalue weighted by atomic mass is 10.2. The van der Waals surface area contributed by atoms with Crippen LogP contribution < -0.4 is 4.18 Å². The second-order valence-electron chi connectivity index (χ2n) is 2.06. The van der Waals surface area contributed by atoms with E-state index in [1.54, 1.807) is 30.3 Å². The van der Waals surface area contributed by atoms with Gasteiger partial charge < -0.3 is 8.74 Å². The van der Waals surface area contributed by atoms with Gasteiger partial charge in [0.1, 0.15) is 17.1 Å². The predicted molar refractivity (Wildman–Crippen MR) is 46.1 cm³/mol. The molecule has 0 saturated heterocycles. The summed E-state index contributed by atoms with van der Waals surface area (Å²) < 4.78 is 24.7. The van der Waals surface area contributed by atoms with Crippen LogP contribution in [0.4, 0.5) is 0 Å². The summed E-state index contributed by atoms with van der Waals surface area (Å²) in [6.45, 7) is 3.54. The van der Waals surface area contributed by atoms with E-state index in [0.29, 0.717) is 5.75 Å². The van der Waals surface area contributed by atoms with Crippen LogP contribution in [0.1, 0.15) is 5.56 Å². The van der Waals surface area contributed by atoms with Gasteiger partial charge in [-0.05, 0) is 17.7 Å². The Morgan fingerprint density at radius 3 is 2.92 bits per heavy atom. The molecular formula is C8H7O3S-. The van der Waals surface area contributed by atoms with Crippen LogP contribution in [0.3, 0.4) is 0 Å². The molecule has 4 heteroatoms. The number of hydrogen-bond acceptors (Lipinski definition) is 3. The minimum Gasteiger partial charge on any atom is -0.740 e. The summed E-state index contributed by atoms with van der Waals surface area (Å²) in [5.41, 5.74) is 0.818. The Bertz CT molecular complexity index is 309. The Hall–Kier alpha value is -1.13. The Morgan fingerprint density at radius 2 is 2.33 bits per heavy atom. The van der Waals surface area contributed by atoms with Crippen LogP contribution in [0.15, 0.2) is 30.8 Å². The highest BCUT2D eigenvalue weighted by Gasteiger charge is 1.93. The average molecular weight is 183 g/mol. The van der Waals surface area contributed by atoms with E-state index in [-0.39, 0.29) is 0 Å². The third-order valence-electron chi connectivity index (χ3n) is 1.26. The largest absolute Gasteiger partial charge is 0.740 e.